The maximum Gasteiger partial charge on any atom is 0.393 e. The molecule has 1 amide bonds. The van der Waals surface area contributed by atoms with Crippen LogP contribution in [0, 0.1) is 16.7 Å². The quantitative estimate of drug-likeness (QED) is 0.569. The average Bonchev–Trinajstić information content (AvgIpc) is 3.35. The van der Waals surface area contributed by atoms with Gasteiger partial charge in [-0.25, -0.2) is 9.97 Å². The summed E-state index contributed by atoms with van der Waals surface area (Å²) in [4.78, 5) is 24.1. The Balaban J connectivity index is 1.22. The summed E-state index contributed by atoms with van der Waals surface area (Å²) in [5.41, 5.74) is 1.44. The van der Waals surface area contributed by atoms with Crippen LogP contribution in [0.3, 0.4) is 0 Å². The van der Waals surface area contributed by atoms with Crippen molar-refractivity contribution in [1.29, 1.82) is 5.26 Å². The molecule has 5 rings (SSSR count). The summed E-state index contributed by atoms with van der Waals surface area (Å²) in [6.07, 6.45) is -0.834. The number of hydrogen-bond donors (Lipinski definition) is 1. The zero-order valence-corrected chi connectivity index (χ0v) is 19.0. The number of nitrogens with one attached hydrogen (secondary N) is 1. The predicted octanol–water partition coefficient (Wildman–Crippen LogP) is 4.65. The van der Waals surface area contributed by atoms with Crippen LogP contribution in [0.2, 0.25) is 0 Å². The molecule has 10 heteroatoms. The molecule has 2 fully saturated rings. The van der Waals surface area contributed by atoms with Crippen molar-refractivity contribution in [3.05, 3.63) is 52.7 Å². The molecule has 3 heterocycles. The summed E-state index contributed by atoms with van der Waals surface area (Å²) < 4.78 is 38.4. The van der Waals surface area contributed by atoms with Crippen molar-refractivity contribution in [2.24, 2.45) is 5.41 Å². The van der Waals surface area contributed by atoms with Crippen LogP contribution in [-0.4, -0.2) is 41.2 Å². The Morgan fingerprint density at radius 3 is 2.88 bits per heavy atom. The standard InChI is InChI=1S/C24H22F3N5OS/c25-24(26,27)11-18-9-19-20(29-14-30-22(19)34-18)32-12-23(13-32)6-4-17(10-23)31-21(33)16-3-1-2-15(8-16)5-7-28/h1-3,8-9,14,17H,4-6,10-13H2,(H,31,33). The van der Waals surface area contributed by atoms with Crippen molar-refractivity contribution < 1.29 is 18.0 Å². The molecule has 1 N–H and O–H groups in total. The molecule has 176 valence electrons. The highest BCUT2D eigenvalue weighted by Crippen LogP contribution is 2.48. The molecule has 34 heavy (non-hydrogen) atoms. The fourth-order valence-electron chi connectivity index (χ4n) is 5.14. The highest BCUT2D eigenvalue weighted by atomic mass is 32.1. The molecule has 2 aliphatic rings. The van der Waals surface area contributed by atoms with E-state index in [4.69, 9.17) is 5.26 Å². The number of thiophene rings is 1. The second-order valence-corrected chi connectivity index (χ2v) is 10.3. The number of hydrogen-bond acceptors (Lipinski definition) is 6. The van der Waals surface area contributed by atoms with Crippen LogP contribution in [0.1, 0.15) is 40.1 Å². The number of fused-ring (bicyclic) bond motifs is 1. The van der Waals surface area contributed by atoms with E-state index in [0.29, 0.717) is 21.6 Å². The van der Waals surface area contributed by atoms with E-state index in [-0.39, 0.29) is 28.7 Å². The largest absolute Gasteiger partial charge is 0.393 e. The van der Waals surface area contributed by atoms with E-state index in [2.05, 4.69) is 26.3 Å². The molecule has 0 radical (unpaired) electrons. The van der Waals surface area contributed by atoms with E-state index in [1.807, 2.05) is 6.07 Å². The summed E-state index contributed by atoms with van der Waals surface area (Å²) in [6, 6.07) is 10.8. The number of carbonyl (C=O) groups excluding carboxylic acids is 1. The minimum atomic E-state index is -4.25. The maximum absolute atomic E-state index is 12.8. The SMILES string of the molecule is N#CCc1cccc(C(=O)NC2CCC3(C2)CN(c2ncnc4sc(CC(F)(F)F)cc24)C3)c1. The van der Waals surface area contributed by atoms with E-state index in [0.717, 1.165) is 49.3 Å². The monoisotopic (exact) mass is 485 g/mol. The molecule has 1 unspecified atom stereocenters. The minimum Gasteiger partial charge on any atom is -0.355 e. The van der Waals surface area contributed by atoms with Gasteiger partial charge >= 0.3 is 6.18 Å². The van der Waals surface area contributed by atoms with Crippen molar-refractivity contribution in [3.8, 4) is 6.07 Å². The number of amides is 1. The molecule has 1 atom stereocenters. The highest BCUT2D eigenvalue weighted by Gasteiger charge is 2.49. The fraction of sp³-hybridized carbons (Fsp3) is 0.417. The highest BCUT2D eigenvalue weighted by molar-refractivity contribution is 7.18. The van der Waals surface area contributed by atoms with Crippen LogP contribution in [0.4, 0.5) is 19.0 Å². The van der Waals surface area contributed by atoms with Gasteiger partial charge in [-0.1, -0.05) is 12.1 Å². The molecule has 3 aromatic rings. The zero-order chi connectivity index (χ0) is 23.9. The number of carbonyl (C=O) groups is 1. The van der Waals surface area contributed by atoms with Crippen molar-refractivity contribution >= 4 is 33.3 Å². The maximum atomic E-state index is 12.8. The van der Waals surface area contributed by atoms with Gasteiger partial charge in [0.2, 0.25) is 0 Å². The van der Waals surface area contributed by atoms with Gasteiger partial charge in [-0.2, -0.15) is 18.4 Å². The summed E-state index contributed by atoms with van der Waals surface area (Å²) >= 11 is 1.06. The smallest absolute Gasteiger partial charge is 0.355 e. The van der Waals surface area contributed by atoms with E-state index in [9.17, 15) is 18.0 Å². The van der Waals surface area contributed by atoms with Crippen LogP contribution in [-0.2, 0) is 12.8 Å². The van der Waals surface area contributed by atoms with Gasteiger partial charge in [0.05, 0.1) is 24.3 Å². The number of alkyl halides is 3. The molecular weight excluding hydrogens is 463 g/mol. The van der Waals surface area contributed by atoms with Gasteiger partial charge in [-0.3, -0.25) is 4.79 Å². The van der Waals surface area contributed by atoms with Crippen LogP contribution in [0.25, 0.3) is 10.2 Å². The zero-order valence-electron chi connectivity index (χ0n) is 18.2. The summed E-state index contributed by atoms with van der Waals surface area (Å²) in [5.74, 6) is 0.549. The van der Waals surface area contributed by atoms with Crippen molar-refractivity contribution in [2.75, 3.05) is 18.0 Å². The first-order chi connectivity index (χ1) is 16.2. The Kier molecular flexibility index (Phi) is 5.68. The van der Waals surface area contributed by atoms with Crippen LogP contribution < -0.4 is 10.2 Å². The Labute approximate surface area is 198 Å². The molecule has 6 nitrogen and oxygen atoms in total. The van der Waals surface area contributed by atoms with Gasteiger partial charge in [0.15, 0.2) is 0 Å². The number of halogens is 3. The Morgan fingerprint density at radius 2 is 2.12 bits per heavy atom. The number of aromatic nitrogens is 2. The molecule has 1 aliphatic carbocycles. The first kappa shape index (κ1) is 22.6. The van der Waals surface area contributed by atoms with Crippen molar-refractivity contribution in [3.63, 3.8) is 0 Å². The van der Waals surface area contributed by atoms with Gasteiger partial charge in [-0.15, -0.1) is 11.3 Å². The lowest BCUT2D eigenvalue weighted by Gasteiger charge is -2.49. The Morgan fingerprint density at radius 1 is 1.29 bits per heavy atom. The fourth-order valence-corrected chi connectivity index (χ4v) is 6.16. The molecule has 0 bridgehead atoms. The third kappa shape index (κ3) is 4.57. The molecule has 2 aromatic heterocycles. The van der Waals surface area contributed by atoms with Crippen molar-refractivity contribution in [1.82, 2.24) is 15.3 Å². The second kappa shape index (κ2) is 8.55. The topological polar surface area (TPSA) is 81.9 Å². The van der Waals surface area contributed by atoms with Gasteiger partial charge in [0.1, 0.15) is 17.0 Å². The number of benzene rings is 1. The minimum absolute atomic E-state index is 0.0687. The Hall–Kier alpha value is -3.19. The normalized spacial score (nSPS) is 19.2. The van der Waals surface area contributed by atoms with Crippen molar-refractivity contribution in [2.45, 2.75) is 44.3 Å². The van der Waals surface area contributed by atoms with Gasteiger partial charge < -0.3 is 10.2 Å². The van der Waals surface area contributed by atoms with Crippen LogP contribution in [0.5, 0.6) is 0 Å². The van der Waals surface area contributed by atoms with Crippen LogP contribution in [0.15, 0.2) is 36.7 Å². The molecule has 1 saturated carbocycles. The predicted molar refractivity (Wildman–Crippen MR) is 123 cm³/mol. The number of rotatable bonds is 5. The van der Waals surface area contributed by atoms with E-state index < -0.39 is 12.6 Å². The lowest BCUT2D eigenvalue weighted by atomic mass is 9.78. The third-order valence-corrected chi connectivity index (χ3v) is 7.64. The third-order valence-electron chi connectivity index (χ3n) is 6.60. The molecule has 1 aliphatic heterocycles. The summed E-state index contributed by atoms with van der Waals surface area (Å²) in [5, 5.41) is 12.7. The molecule has 1 saturated heterocycles. The molecule has 1 aromatic carbocycles. The van der Waals surface area contributed by atoms with E-state index in [1.165, 1.54) is 6.33 Å². The lowest BCUT2D eigenvalue weighted by molar-refractivity contribution is -0.126. The Bertz CT molecular complexity index is 1280. The lowest BCUT2D eigenvalue weighted by Crippen LogP contribution is -2.56. The molecule has 1 spiro atoms. The summed E-state index contributed by atoms with van der Waals surface area (Å²) in [7, 11) is 0. The number of nitriles is 1. The summed E-state index contributed by atoms with van der Waals surface area (Å²) in [6.45, 7) is 1.52. The second-order valence-electron chi connectivity index (χ2n) is 9.23. The van der Waals surface area contributed by atoms with E-state index >= 15 is 0 Å². The first-order valence-electron chi connectivity index (χ1n) is 11.1. The van der Waals surface area contributed by atoms with Crippen LogP contribution >= 0.6 is 11.3 Å². The molecular formula is C24H22F3N5OS. The van der Waals surface area contributed by atoms with Gasteiger partial charge in [0, 0.05) is 35.0 Å². The van der Waals surface area contributed by atoms with Gasteiger partial charge in [-0.05, 0) is 43.0 Å². The van der Waals surface area contributed by atoms with E-state index in [1.54, 1.807) is 24.3 Å². The number of nitrogens with zero attached hydrogens (tertiary/aromatic N) is 4. The average molecular weight is 486 g/mol. The van der Waals surface area contributed by atoms with Gasteiger partial charge in [0.25, 0.3) is 5.91 Å². The first-order valence-corrected chi connectivity index (χ1v) is 11.9. The number of anilines is 1.